The van der Waals surface area contributed by atoms with Crippen LogP contribution in [0.25, 0.3) is 0 Å². The molecule has 17 heteroatoms. The predicted molar refractivity (Wildman–Crippen MR) is 139 cm³/mol. The lowest BCUT2D eigenvalue weighted by Gasteiger charge is -2.36. The van der Waals surface area contributed by atoms with Gasteiger partial charge in [0, 0.05) is 7.11 Å². The standard InChI is InChI=1S/2C10H10F6O.C4H8O.C3H6O.CH4O/c2*11-9(12,13)8(17,10(14,15)16)7-4-5-1-2-6(7)3-5;1-3-5-4-2;1-3-4-2;1-2/h2*4-6,17H,1-3H2;3H,1,4H2,2H3;3H,1H2,2H3;2H,1H3. The molecular weight excluding hydrogens is 644 g/mol. The third-order valence-corrected chi connectivity index (χ3v) is 7.58. The van der Waals surface area contributed by atoms with Gasteiger partial charge in [-0.25, -0.2) is 0 Å². The molecule has 2 fully saturated rings. The van der Waals surface area contributed by atoms with Crippen molar-refractivity contribution in [2.24, 2.45) is 23.7 Å². The first-order chi connectivity index (χ1) is 20.5. The maximum atomic E-state index is 12.6. The van der Waals surface area contributed by atoms with Crippen LogP contribution in [0.1, 0.15) is 45.4 Å². The Morgan fingerprint density at radius 3 is 1.07 bits per heavy atom. The highest BCUT2D eigenvalue weighted by molar-refractivity contribution is 5.33. The molecule has 4 atom stereocenters. The first-order valence-corrected chi connectivity index (χ1v) is 13.4. The Morgan fingerprint density at radius 2 is 0.956 bits per heavy atom. The number of hydrogen-bond acceptors (Lipinski definition) is 5. The van der Waals surface area contributed by atoms with Crippen molar-refractivity contribution in [2.75, 3.05) is 20.8 Å². The van der Waals surface area contributed by atoms with Crippen LogP contribution in [0, 0.1) is 23.7 Å². The highest BCUT2D eigenvalue weighted by atomic mass is 19.4. The van der Waals surface area contributed by atoms with Crippen LogP contribution in [0.15, 0.2) is 49.0 Å². The highest BCUT2D eigenvalue weighted by Gasteiger charge is 2.74. The topological polar surface area (TPSA) is 79.2 Å². The Bertz CT molecular complexity index is 898. The normalized spacial score (nSPS) is 23.8. The fourth-order valence-electron chi connectivity index (χ4n) is 5.61. The second-order valence-electron chi connectivity index (χ2n) is 10.2. The maximum absolute atomic E-state index is 12.6. The molecule has 4 rings (SSSR count). The number of aliphatic hydroxyl groups excluding tert-OH is 1. The van der Waals surface area contributed by atoms with E-state index in [-0.39, 0.29) is 37.5 Å². The van der Waals surface area contributed by atoms with Gasteiger partial charge in [0.15, 0.2) is 0 Å². The minimum absolute atomic E-state index is 0.258. The summed E-state index contributed by atoms with van der Waals surface area (Å²) in [5, 5.41) is 25.4. The van der Waals surface area contributed by atoms with Gasteiger partial charge in [0.25, 0.3) is 11.2 Å². The summed E-state index contributed by atoms with van der Waals surface area (Å²) in [6, 6.07) is 0. The van der Waals surface area contributed by atoms with Crippen molar-refractivity contribution in [1.29, 1.82) is 0 Å². The van der Waals surface area contributed by atoms with E-state index in [1.54, 1.807) is 7.11 Å². The van der Waals surface area contributed by atoms with Crippen molar-refractivity contribution < 1.29 is 77.5 Å². The Labute approximate surface area is 252 Å². The number of ether oxygens (including phenoxy) is 2. The van der Waals surface area contributed by atoms with Crippen LogP contribution in [0.5, 0.6) is 0 Å². The third kappa shape index (κ3) is 9.56. The summed E-state index contributed by atoms with van der Waals surface area (Å²) in [6.45, 7) is 9.23. The number of allylic oxidation sites excluding steroid dienone is 2. The average Bonchev–Trinajstić information content (AvgIpc) is 3.75. The maximum Gasteiger partial charge on any atom is 0.430 e. The molecule has 4 aliphatic carbocycles. The third-order valence-electron chi connectivity index (χ3n) is 7.58. The molecule has 0 aromatic rings. The predicted octanol–water partition coefficient (Wildman–Crippen LogP) is 7.95. The second kappa shape index (κ2) is 16.4. The largest absolute Gasteiger partial charge is 0.505 e. The fourth-order valence-corrected chi connectivity index (χ4v) is 5.61. The van der Waals surface area contributed by atoms with Crippen LogP contribution in [0.4, 0.5) is 52.7 Å². The van der Waals surface area contributed by atoms with Gasteiger partial charge in [0.1, 0.15) is 0 Å². The van der Waals surface area contributed by atoms with E-state index in [4.69, 9.17) is 5.11 Å². The molecule has 5 nitrogen and oxygen atoms in total. The Morgan fingerprint density at radius 1 is 0.667 bits per heavy atom. The van der Waals surface area contributed by atoms with Crippen molar-refractivity contribution in [3.05, 3.63) is 49.0 Å². The van der Waals surface area contributed by atoms with Gasteiger partial charge in [0.2, 0.25) is 0 Å². The van der Waals surface area contributed by atoms with E-state index >= 15 is 0 Å². The number of alkyl halides is 12. The molecular formula is C28H38F12O5. The lowest BCUT2D eigenvalue weighted by molar-refractivity contribution is -0.354. The van der Waals surface area contributed by atoms with Crippen molar-refractivity contribution >= 4 is 0 Å². The summed E-state index contributed by atoms with van der Waals surface area (Å²) < 4.78 is 160. The van der Waals surface area contributed by atoms with E-state index in [1.807, 2.05) is 6.92 Å². The fraction of sp³-hybridized carbons (Fsp3) is 0.714. The van der Waals surface area contributed by atoms with Crippen LogP contribution >= 0.6 is 0 Å². The Balaban J connectivity index is 0.000000652. The van der Waals surface area contributed by atoms with Gasteiger partial charge in [-0.05, 0) is 80.3 Å². The van der Waals surface area contributed by atoms with Crippen LogP contribution in [0.2, 0.25) is 0 Å². The lowest BCUT2D eigenvalue weighted by Crippen LogP contribution is -2.59. The SMILES string of the molecule is C=COC.C=COCC.CO.OC(C1=CC2CCC1C2)(C(F)(F)F)C(F)(F)F.OC(C1=CC2CCC1C2)(C(F)(F)F)C(F)(F)F. The molecule has 0 radical (unpaired) electrons. The minimum atomic E-state index is -5.73. The molecule has 0 aromatic carbocycles. The molecule has 0 spiro atoms. The van der Waals surface area contributed by atoms with Gasteiger partial charge in [-0.15, -0.1) is 0 Å². The van der Waals surface area contributed by atoms with Crippen LogP contribution in [-0.4, -0.2) is 72.1 Å². The summed E-state index contributed by atoms with van der Waals surface area (Å²) in [6.07, 6.45) is -15.9. The summed E-state index contributed by atoms with van der Waals surface area (Å²) in [5.41, 5.74) is -11.2. The zero-order chi connectivity index (χ0) is 35.7. The lowest BCUT2D eigenvalue weighted by atomic mass is 9.83. The number of fused-ring (bicyclic) bond motifs is 4. The number of hydrogen-bond donors (Lipinski definition) is 3. The molecule has 0 aromatic heterocycles. The van der Waals surface area contributed by atoms with Gasteiger partial charge in [-0.2, -0.15) is 52.7 Å². The van der Waals surface area contributed by atoms with Gasteiger partial charge in [-0.3, -0.25) is 0 Å². The van der Waals surface area contributed by atoms with E-state index in [1.165, 1.54) is 12.5 Å². The zero-order valence-electron chi connectivity index (χ0n) is 24.7. The van der Waals surface area contributed by atoms with Gasteiger partial charge >= 0.3 is 24.7 Å². The first-order valence-electron chi connectivity index (χ1n) is 13.4. The van der Waals surface area contributed by atoms with E-state index in [2.05, 4.69) is 22.6 Å². The second-order valence-corrected chi connectivity index (χ2v) is 10.2. The van der Waals surface area contributed by atoms with E-state index in [9.17, 15) is 62.9 Å². The average molecular weight is 683 g/mol. The molecule has 0 amide bonds. The van der Waals surface area contributed by atoms with Crippen molar-refractivity contribution in [2.45, 2.75) is 81.4 Å². The van der Waals surface area contributed by atoms with E-state index in [0.29, 0.717) is 12.8 Å². The monoisotopic (exact) mass is 682 g/mol. The van der Waals surface area contributed by atoms with Gasteiger partial charge < -0.3 is 24.8 Å². The van der Waals surface area contributed by atoms with Crippen molar-refractivity contribution in [3.63, 3.8) is 0 Å². The molecule has 4 unspecified atom stereocenters. The quantitative estimate of drug-likeness (QED) is 0.156. The van der Waals surface area contributed by atoms with E-state index < -0.39 is 58.9 Å². The molecule has 0 aliphatic heterocycles. The van der Waals surface area contributed by atoms with Gasteiger partial charge in [-0.1, -0.05) is 25.3 Å². The minimum Gasteiger partial charge on any atom is -0.505 e. The molecule has 3 N–H and O–H groups in total. The number of aliphatic hydroxyl groups is 3. The molecule has 45 heavy (non-hydrogen) atoms. The first kappa shape index (κ1) is 42.6. The van der Waals surface area contributed by atoms with Crippen LogP contribution in [-0.2, 0) is 9.47 Å². The number of halogens is 12. The zero-order valence-corrected chi connectivity index (χ0v) is 24.7. The number of methoxy groups -OCH3 is 1. The molecule has 264 valence electrons. The molecule has 4 aliphatic rings. The van der Waals surface area contributed by atoms with Crippen molar-refractivity contribution in [1.82, 2.24) is 0 Å². The molecule has 0 saturated heterocycles. The van der Waals surface area contributed by atoms with Gasteiger partial charge in [0.05, 0.1) is 26.2 Å². The molecule has 2 saturated carbocycles. The summed E-state index contributed by atoms with van der Waals surface area (Å²) in [7, 11) is 2.56. The number of rotatable bonds is 5. The summed E-state index contributed by atoms with van der Waals surface area (Å²) in [4.78, 5) is 0. The smallest absolute Gasteiger partial charge is 0.430 e. The highest BCUT2D eigenvalue weighted by Crippen LogP contribution is 2.57. The molecule has 4 bridgehead atoms. The van der Waals surface area contributed by atoms with Crippen LogP contribution in [0.3, 0.4) is 0 Å². The Hall–Kier alpha value is -2.40. The van der Waals surface area contributed by atoms with Crippen molar-refractivity contribution in [3.8, 4) is 0 Å². The van der Waals surface area contributed by atoms with Crippen LogP contribution < -0.4 is 0 Å². The summed E-state index contributed by atoms with van der Waals surface area (Å²) >= 11 is 0. The molecule has 0 heterocycles. The van der Waals surface area contributed by atoms with E-state index in [0.717, 1.165) is 25.9 Å². The summed E-state index contributed by atoms with van der Waals surface area (Å²) in [5.74, 6) is -2.11. The Kier molecular flexibility index (Phi) is 15.6.